The molecule has 7 heteroatoms. The van der Waals surface area contributed by atoms with Crippen molar-refractivity contribution in [2.45, 2.75) is 39.0 Å². The van der Waals surface area contributed by atoms with Crippen molar-refractivity contribution in [1.82, 2.24) is 4.98 Å². The van der Waals surface area contributed by atoms with Gasteiger partial charge in [0.2, 0.25) is 0 Å². The fourth-order valence-electron chi connectivity index (χ4n) is 1.36. The summed E-state index contributed by atoms with van der Waals surface area (Å²) in [6, 6.07) is 0. The molecule has 2 N–H and O–H groups in total. The van der Waals surface area contributed by atoms with Crippen LogP contribution in [0.5, 0.6) is 0 Å². The molecule has 0 spiro atoms. The highest BCUT2D eigenvalue weighted by atomic mass is 32.1. The van der Waals surface area contributed by atoms with Crippen molar-refractivity contribution in [3.8, 4) is 0 Å². The molecule has 2 atom stereocenters. The van der Waals surface area contributed by atoms with Crippen LogP contribution in [-0.2, 0) is 6.18 Å². The van der Waals surface area contributed by atoms with Gasteiger partial charge in [0.05, 0.1) is 11.8 Å². The number of aliphatic hydroxyl groups is 1. The lowest BCUT2D eigenvalue weighted by atomic mass is 9.89. The first-order valence-electron chi connectivity index (χ1n) is 5.66. The van der Waals surface area contributed by atoms with Crippen molar-refractivity contribution in [1.29, 1.82) is 0 Å². The average molecular weight is 282 g/mol. The highest BCUT2D eigenvalue weighted by Gasteiger charge is 2.33. The summed E-state index contributed by atoms with van der Waals surface area (Å²) in [5.74, 6) is 0.0482. The summed E-state index contributed by atoms with van der Waals surface area (Å²) in [7, 11) is 0. The minimum atomic E-state index is -4.36. The summed E-state index contributed by atoms with van der Waals surface area (Å²) in [4.78, 5) is 2.90. The second-order valence-corrected chi connectivity index (χ2v) is 5.58. The van der Waals surface area contributed by atoms with Crippen molar-refractivity contribution in [2.24, 2.45) is 5.92 Å². The molecule has 0 aliphatic rings. The van der Waals surface area contributed by atoms with Crippen molar-refractivity contribution in [3.05, 3.63) is 11.1 Å². The number of halogens is 3. The van der Waals surface area contributed by atoms with Gasteiger partial charge in [-0.05, 0) is 12.8 Å². The van der Waals surface area contributed by atoms with Crippen molar-refractivity contribution >= 4 is 16.5 Å². The van der Waals surface area contributed by atoms with E-state index < -0.39 is 16.7 Å². The Morgan fingerprint density at radius 3 is 2.56 bits per heavy atom. The number of rotatable bonds is 5. The molecule has 3 nitrogen and oxygen atoms in total. The summed E-state index contributed by atoms with van der Waals surface area (Å²) in [6.07, 6.45) is -2.78. The smallest absolute Gasteiger partial charge is 0.388 e. The third kappa shape index (κ3) is 3.84. The van der Waals surface area contributed by atoms with Crippen LogP contribution in [0.15, 0.2) is 6.20 Å². The highest BCUT2D eigenvalue weighted by molar-refractivity contribution is 7.15. The first-order valence-corrected chi connectivity index (χ1v) is 6.47. The molecule has 1 aromatic rings. The maximum absolute atomic E-state index is 12.4. The van der Waals surface area contributed by atoms with Crippen LogP contribution in [0.2, 0.25) is 0 Å². The van der Waals surface area contributed by atoms with Gasteiger partial charge < -0.3 is 10.4 Å². The molecule has 104 valence electrons. The van der Waals surface area contributed by atoms with Gasteiger partial charge in [-0.2, -0.15) is 13.2 Å². The molecule has 0 fully saturated rings. The number of alkyl halides is 3. The van der Waals surface area contributed by atoms with Gasteiger partial charge in [0.25, 0.3) is 0 Å². The molecule has 18 heavy (non-hydrogen) atoms. The highest BCUT2D eigenvalue weighted by Crippen LogP contribution is 2.35. The van der Waals surface area contributed by atoms with Crippen LogP contribution >= 0.6 is 11.3 Å². The van der Waals surface area contributed by atoms with Crippen LogP contribution in [0.4, 0.5) is 18.3 Å². The lowest BCUT2D eigenvalue weighted by Crippen LogP contribution is -2.39. The van der Waals surface area contributed by atoms with Gasteiger partial charge in [-0.3, -0.25) is 0 Å². The zero-order chi connectivity index (χ0) is 14.0. The van der Waals surface area contributed by atoms with Gasteiger partial charge in [-0.1, -0.05) is 31.6 Å². The van der Waals surface area contributed by atoms with Crippen molar-refractivity contribution in [2.75, 3.05) is 11.9 Å². The third-order valence-electron chi connectivity index (χ3n) is 3.06. The average Bonchev–Trinajstić information content (AvgIpc) is 2.73. The van der Waals surface area contributed by atoms with E-state index in [4.69, 9.17) is 0 Å². The first-order chi connectivity index (χ1) is 8.16. The molecule has 1 heterocycles. The Kier molecular flexibility index (Phi) is 4.61. The van der Waals surface area contributed by atoms with Crippen LogP contribution in [0.1, 0.15) is 32.1 Å². The zero-order valence-corrected chi connectivity index (χ0v) is 11.3. The molecular weight excluding hydrogens is 265 g/mol. The molecule has 0 radical (unpaired) electrons. The second kappa shape index (κ2) is 5.44. The van der Waals surface area contributed by atoms with Gasteiger partial charge in [0, 0.05) is 6.54 Å². The minimum absolute atomic E-state index is 0.0482. The van der Waals surface area contributed by atoms with Crippen LogP contribution in [0.3, 0.4) is 0 Å². The maximum Gasteiger partial charge on any atom is 0.427 e. The van der Waals surface area contributed by atoms with E-state index in [9.17, 15) is 18.3 Å². The molecule has 0 saturated heterocycles. The fourth-order valence-corrected chi connectivity index (χ4v) is 2.03. The Morgan fingerprint density at radius 2 is 2.11 bits per heavy atom. The van der Waals surface area contributed by atoms with Crippen LogP contribution in [0.25, 0.3) is 0 Å². The number of hydrogen-bond donors (Lipinski definition) is 2. The number of nitrogens with one attached hydrogen (secondary N) is 1. The molecule has 0 saturated carbocycles. The predicted molar refractivity (Wildman–Crippen MR) is 65.7 cm³/mol. The van der Waals surface area contributed by atoms with E-state index in [0.29, 0.717) is 11.3 Å². The standard InChI is InChI=1S/C11H17F3N2OS/c1-4-7(2)10(3,17)6-16-9-15-5-8(18-9)11(12,13)14/h5,7,17H,4,6H2,1-3H3,(H,15,16). The van der Waals surface area contributed by atoms with Crippen molar-refractivity contribution < 1.29 is 18.3 Å². The molecule has 2 unspecified atom stereocenters. The maximum atomic E-state index is 12.4. The molecule has 1 rings (SSSR count). The molecule has 0 amide bonds. The SMILES string of the molecule is CCC(C)C(C)(O)CNc1ncc(C(F)(F)F)s1. The Bertz CT molecular complexity index is 390. The predicted octanol–water partition coefficient (Wildman–Crippen LogP) is 3.37. The Labute approximate surface area is 108 Å². The van der Waals surface area contributed by atoms with E-state index in [1.807, 2.05) is 13.8 Å². The molecule has 0 bridgehead atoms. The van der Waals surface area contributed by atoms with E-state index in [-0.39, 0.29) is 17.6 Å². The van der Waals surface area contributed by atoms with Gasteiger partial charge in [-0.15, -0.1) is 0 Å². The number of aromatic nitrogens is 1. The Balaban J connectivity index is 2.62. The molecule has 0 aliphatic carbocycles. The zero-order valence-electron chi connectivity index (χ0n) is 10.5. The Hall–Kier alpha value is -0.820. The van der Waals surface area contributed by atoms with Gasteiger partial charge >= 0.3 is 6.18 Å². The molecule has 0 aromatic carbocycles. The number of hydrogen-bond acceptors (Lipinski definition) is 4. The molecule has 0 aliphatic heterocycles. The van der Waals surface area contributed by atoms with E-state index in [2.05, 4.69) is 10.3 Å². The van der Waals surface area contributed by atoms with Gasteiger partial charge in [-0.25, -0.2) is 4.98 Å². The quantitative estimate of drug-likeness (QED) is 0.870. The summed E-state index contributed by atoms with van der Waals surface area (Å²) in [5, 5.41) is 13.0. The number of nitrogens with zero attached hydrogens (tertiary/aromatic N) is 1. The number of anilines is 1. The minimum Gasteiger partial charge on any atom is -0.388 e. The van der Waals surface area contributed by atoms with Crippen molar-refractivity contribution in [3.63, 3.8) is 0 Å². The van der Waals surface area contributed by atoms with E-state index >= 15 is 0 Å². The van der Waals surface area contributed by atoms with E-state index in [1.165, 1.54) is 0 Å². The lowest BCUT2D eigenvalue weighted by Gasteiger charge is -2.29. The number of thiazole rings is 1. The topological polar surface area (TPSA) is 45.1 Å². The van der Waals surface area contributed by atoms with E-state index in [0.717, 1.165) is 12.6 Å². The monoisotopic (exact) mass is 282 g/mol. The van der Waals surface area contributed by atoms with E-state index in [1.54, 1.807) is 6.92 Å². The van der Waals surface area contributed by atoms with Crippen LogP contribution in [0, 0.1) is 5.92 Å². The fraction of sp³-hybridized carbons (Fsp3) is 0.727. The summed E-state index contributed by atoms with van der Waals surface area (Å²) in [5.41, 5.74) is -0.973. The largest absolute Gasteiger partial charge is 0.427 e. The summed E-state index contributed by atoms with van der Waals surface area (Å²) < 4.78 is 37.1. The first kappa shape index (κ1) is 15.2. The normalized spacial score (nSPS) is 17.3. The van der Waals surface area contributed by atoms with Gasteiger partial charge in [0.1, 0.15) is 4.88 Å². The summed E-state index contributed by atoms with van der Waals surface area (Å²) >= 11 is 0.541. The lowest BCUT2D eigenvalue weighted by molar-refractivity contribution is -0.134. The second-order valence-electron chi connectivity index (χ2n) is 4.55. The van der Waals surface area contributed by atoms with Crippen LogP contribution < -0.4 is 5.32 Å². The third-order valence-corrected chi connectivity index (χ3v) is 4.06. The Morgan fingerprint density at radius 1 is 1.50 bits per heavy atom. The van der Waals surface area contributed by atoms with Crippen LogP contribution in [-0.4, -0.2) is 22.2 Å². The summed E-state index contributed by atoms with van der Waals surface area (Å²) in [6.45, 7) is 5.67. The molecular formula is C11H17F3N2OS. The van der Waals surface area contributed by atoms with Gasteiger partial charge in [0.15, 0.2) is 5.13 Å². The molecule has 1 aromatic heterocycles.